The Bertz CT molecular complexity index is 665. The summed E-state index contributed by atoms with van der Waals surface area (Å²) in [6.07, 6.45) is 0.990. The number of sulfonamides is 1. The first kappa shape index (κ1) is 15.9. The van der Waals surface area contributed by atoms with Crippen LogP contribution in [0.25, 0.3) is 6.08 Å². The molecule has 6 nitrogen and oxygen atoms in total. The Morgan fingerprint density at radius 3 is 2.55 bits per heavy atom. The summed E-state index contributed by atoms with van der Waals surface area (Å²) in [5, 5.41) is 13.5. The number of hydrogen-bond donors (Lipinski definition) is 1. The Kier molecular flexibility index (Phi) is 5.01. The monoisotopic (exact) mass is 304 g/mol. The van der Waals surface area contributed by atoms with Crippen LogP contribution < -0.4 is 14.6 Å². The minimum absolute atomic E-state index is 0.0363. The van der Waals surface area contributed by atoms with Gasteiger partial charge in [-0.15, -0.1) is 0 Å². The maximum Gasteiger partial charge on any atom is 0.387 e. The molecule has 0 bridgehead atoms. The van der Waals surface area contributed by atoms with Crippen molar-refractivity contribution in [2.75, 3.05) is 7.11 Å². The molecule has 0 radical (unpaired) electrons. The number of rotatable bonds is 5. The van der Waals surface area contributed by atoms with Crippen LogP contribution in [0, 0.1) is 11.3 Å². The highest BCUT2D eigenvalue weighted by molar-refractivity contribution is 7.93. The lowest BCUT2D eigenvalue weighted by atomic mass is 10.2. The van der Waals surface area contributed by atoms with E-state index in [0.29, 0.717) is 0 Å². The number of hydrogen-bond acceptors (Lipinski definition) is 5. The van der Waals surface area contributed by atoms with Crippen molar-refractivity contribution >= 4 is 16.1 Å². The van der Waals surface area contributed by atoms with Crippen LogP contribution in [0.4, 0.5) is 8.78 Å². The zero-order chi connectivity index (χ0) is 15.3. The first-order valence-corrected chi connectivity index (χ1v) is 6.60. The fraction of sp³-hybridized carbons (Fsp3) is 0.182. The molecule has 2 N–H and O–H groups in total. The summed E-state index contributed by atoms with van der Waals surface area (Å²) in [6, 6.07) is 5.11. The summed E-state index contributed by atoms with van der Waals surface area (Å²) in [5.41, 5.74) is 0.231. The van der Waals surface area contributed by atoms with E-state index in [-0.39, 0.29) is 17.1 Å². The summed E-state index contributed by atoms with van der Waals surface area (Å²) in [5.74, 6) is -0.250. The Labute approximate surface area is 114 Å². The molecule has 0 amide bonds. The normalized spacial score (nSPS) is 12.1. The van der Waals surface area contributed by atoms with Crippen molar-refractivity contribution in [2.24, 2.45) is 5.14 Å². The lowest BCUT2D eigenvalue weighted by Crippen LogP contribution is -2.13. The van der Waals surface area contributed by atoms with Crippen LogP contribution in [0.15, 0.2) is 23.1 Å². The highest BCUT2D eigenvalue weighted by Gasteiger charge is 2.14. The Morgan fingerprint density at radius 1 is 1.45 bits per heavy atom. The number of nitrogens with zero attached hydrogens (tertiary/aromatic N) is 1. The van der Waals surface area contributed by atoms with E-state index in [4.69, 9.17) is 15.1 Å². The molecule has 0 saturated heterocycles. The fourth-order valence-electron chi connectivity index (χ4n) is 1.30. The number of benzene rings is 1. The third-order valence-corrected chi connectivity index (χ3v) is 2.94. The van der Waals surface area contributed by atoms with Gasteiger partial charge in [-0.3, -0.25) is 0 Å². The minimum Gasteiger partial charge on any atom is -0.493 e. The number of allylic oxidation sites excluding steroid dienone is 1. The van der Waals surface area contributed by atoms with Gasteiger partial charge in [-0.2, -0.15) is 14.0 Å². The van der Waals surface area contributed by atoms with E-state index in [0.717, 1.165) is 12.1 Å². The fourth-order valence-corrected chi connectivity index (χ4v) is 1.72. The molecule has 20 heavy (non-hydrogen) atoms. The van der Waals surface area contributed by atoms with Crippen LogP contribution in [0.3, 0.4) is 0 Å². The van der Waals surface area contributed by atoms with Gasteiger partial charge in [0.05, 0.1) is 7.11 Å². The molecule has 0 aliphatic rings. The van der Waals surface area contributed by atoms with Gasteiger partial charge in [0.1, 0.15) is 6.07 Å². The molecular formula is C11H10F2N2O4S. The predicted molar refractivity (Wildman–Crippen MR) is 66.3 cm³/mol. The van der Waals surface area contributed by atoms with Gasteiger partial charge in [0.25, 0.3) is 0 Å². The van der Waals surface area contributed by atoms with Gasteiger partial charge >= 0.3 is 6.61 Å². The molecule has 0 unspecified atom stereocenters. The number of methoxy groups -OCH3 is 1. The van der Waals surface area contributed by atoms with E-state index in [2.05, 4.69) is 4.74 Å². The molecule has 0 fully saturated rings. The maximum atomic E-state index is 12.1. The summed E-state index contributed by atoms with van der Waals surface area (Å²) in [6.45, 7) is -3.02. The summed E-state index contributed by atoms with van der Waals surface area (Å²) >= 11 is 0. The van der Waals surface area contributed by atoms with Crippen molar-refractivity contribution in [3.05, 3.63) is 28.7 Å². The average molecular weight is 304 g/mol. The van der Waals surface area contributed by atoms with Crippen LogP contribution in [0.2, 0.25) is 0 Å². The van der Waals surface area contributed by atoms with Crippen molar-refractivity contribution in [1.29, 1.82) is 5.26 Å². The van der Waals surface area contributed by atoms with Crippen molar-refractivity contribution in [2.45, 2.75) is 6.61 Å². The molecule has 1 aromatic rings. The van der Waals surface area contributed by atoms with E-state index >= 15 is 0 Å². The second-order valence-corrected chi connectivity index (χ2v) is 4.98. The first-order valence-electron chi connectivity index (χ1n) is 5.05. The lowest BCUT2D eigenvalue weighted by Gasteiger charge is -2.10. The van der Waals surface area contributed by atoms with Crippen LogP contribution in [0.5, 0.6) is 11.5 Å². The third kappa shape index (κ3) is 4.18. The van der Waals surface area contributed by atoms with Crippen molar-refractivity contribution in [3.63, 3.8) is 0 Å². The highest BCUT2D eigenvalue weighted by Crippen LogP contribution is 2.30. The van der Waals surface area contributed by atoms with Gasteiger partial charge in [0, 0.05) is 0 Å². The highest BCUT2D eigenvalue weighted by atomic mass is 32.2. The van der Waals surface area contributed by atoms with Gasteiger partial charge in [-0.05, 0) is 23.8 Å². The van der Waals surface area contributed by atoms with Gasteiger partial charge < -0.3 is 9.47 Å². The molecule has 1 rings (SSSR count). The summed E-state index contributed by atoms with van der Waals surface area (Å²) in [7, 11) is -2.93. The Balaban J connectivity index is 3.23. The molecule has 0 heterocycles. The zero-order valence-corrected chi connectivity index (χ0v) is 11.0. The Hall–Kier alpha value is -2.18. The van der Waals surface area contributed by atoms with Gasteiger partial charge in [0.15, 0.2) is 16.4 Å². The quantitative estimate of drug-likeness (QED) is 0.829. The van der Waals surface area contributed by atoms with E-state index < -0.39 is 21.5 Å². The molecular weight excluding hydrogens is 294 g/mol. The standard InChI is InChI=1S/C11H10F2N2O4S/c1-18-10-5-7(2-3-9(10)19-11(12)13)4-8(6-14)20(15,16)17/h2-5,11H,1H3,(H2,15,16,17)/b8-4-. The zero-order valence-electron chi connectivity index (χ0n) is 10.2. The van der Waals surface area contributed by atoms with E-state index in [1.54, 1.807) is 0 Å². The van der Waals surface area contributed by atoms with Crippen molar-refractivity contribution < 1.29 is 26.7 Å². The topological polar surface area (TPSA) is 102 Å². The van der Waals surface area contributed by atoms with Crippen LogP contribution in [0.1, 0.15) is 5.56 Å². The second-order valence-electron chi connectivity index (χ2n) is 3.45. The van der Waals surface area contributed by atoms with Crippen molar-refractivity contribution in [1.82, 2.24) is 0 Å². The number of nitriles is 1. The number of alkyl halides is 2. The van der Waals surface area contributed by atoms with E-state index in [9.17, 15) is 17.2 Å². The molecule has 0 aromatic heterocycles. The van der Waals surface area contributed by atoms with Crippen LogP contribution in [-0.2, 0) is 10.0 Å². The lowest BCUT2D eigenvalue weighted by molar-refractivity contribution is -0.0512. The van der Waals surface area contributed by atoms with Crippen LogP contribution in [-0.4, -0.2) is 22.1 Å². The molecule has 0 aliphatic carbocycles. The second kappa shape index (κ2) is 6.31. The number of primary sulfonamides is 1. The average Bonchev–Trinajstić information content (AvgIpc) is 2.35. The maximum absolute atomic E-state index is 12.1. The first-order chi connectivity index (χ1) is 9.27. The third-order valence-electron chi connectivity index (χ3n) is 2.12. The Morgan fingerprint density at radius 2 is 2.10 bits per heavy atom. The molecule has 0 spiro atoms. The SMILES string of the molecule is COc1cc(/C=C(/C#N)S(N)(=O)=O)ccc1OC(F)F. The molecule has 0 atom stereocenters. The summed E-state index contributed by atoms with van der Waals surface area (Å²) < 4.78 is 55.4. The number of nitrogens with two attached hydrogens (primary N) is 1. The molecule has 1 aromatic carbocycles. The molecule has 9 heteroatoms. The van der Waals surface area contributed by atoms with Gasteiger partial charge in [-0.25, -0.2) is 13.6 Å². The smallest absolute Gasteiger partial charge is 0.387 e. The van der Waals surface area contributed by atoms with Gasteiger partial charge in [0.2, 0.25) is 10.0 Å². The predicted octanol–water partition coefficient (Wildman–Crippen LogP) is 1.45. The largest absolute Gasteiger partial charge is 0.493 e. The minimum atomic E-state index is -4.15. The molecule has 108 valence electrons. The number of ether oxygens (including phenoxy) is 2. The van der Waals surface area contributed by atoms with E-state index in [1.165, 1.54) is 25.3 Å². The summed E-state index contributed by atoms with van der Waals surface area (Å²) in [4.78, 5) is -0.665. The molecule has 0 saturated carbocycles. The van der Waals surface area contributed by atoms with Crippen molar-refractivity contribution in [3.8, 4) is 17.6 Å². The van der Waals surface area contributed by atoms with E-state index in [1.807, 2.05) is 0 Å². The molecule has 0 aliphatic heterocycles. The van der Waals surface area contributed by atoms with Gasteiger partial charge in [-0.1, -0.05) is 6.07 Å². The number of halogens is 2. The van der Waals surface area contributed by atoms with Crippen LogP contribution >= 0.6 is 0 Å².